The first-order valence-corrected chi connectivity index (χ1v) is 15.3. The number of anilines is 2. The van der Waals surface area contributed by atoms with Crippen molar-refractivity contribution < 1.29 is 19.1 Å². The number of piperidine rings is 1. The molecule has 5 rings (SSSR count). The number of benzene rings is 2. The van der Waals surface area contributed by atoms with Gasteiger partial charge in [-0.2, -0.15) is 0 Å². The van der Waals surface area contributed by atoms with Gasteiger partial charge < -0.3 is 35.8 Å². The fourth-order valence-electron chi connectivity index (χ4n) is 5.88. The topological polar surface area (TPSA) is 123 Å². The van der Waals surface area contributed by atoms with Crippen molar-refractivity contribution in [3.63, 3.8) is 0 Å². The molecule has 4 N–H and O–H groups in total. The highest BCUT2D eigenvalue weighted by Crippen LogP contribution is 2.29. The molecule has 0 atom stereocenters. The maximum Gasteiger partial charge on any atom is 0.322 e. The number of halogens is 1. The second-order valence-corrected chi connectivity index (χ2v) is 12.2. The summed E-state index contributed by atoms with van der Waals surface area (Å²) in [6, 6.07) is 9.15. The van der Waals surface area contributed by atoms with Crippen LogP contribution in [0.5, 0.6) is 5.75 Å². The van der Waals surface area contributed by atoms with E-state index < -0.39 is 0 Å². The second kappa shape index (κ2) is 13.3. The number of nitrogens with one attached hydrogen (secondary N) is 2. The summed E-state index contributed by atoms with van der Waals surface area (Å²) in [4.78, 5) is 47.3. The Labute approximate surface area is 255 Å². The van der Waals surface area contributed by atoms with E-state index >= 15 is 0 Å². The number of hydrogen-bond acceptors (Lipinski definition) is 7. The highest BCUT2D eigenvalue weighted by molar-refractivity contribution is 9.10. The molecule has 4 amide bonds. The van der Waals surface area contributed by atoms with E-state index in [9.17, 15) is 14.4 Å². The number of amides is 4. The summed E-state index contributed by atoms with van der Waals surface area (Å²) in [7, 11) is 3.75. The highest BCUT2D eigenvalue weighted by atomic mass is 79.9. The van der Waals surface area contributed by atoms with Gasteiger partial charge in [0.1, 0.15) is 5.75 Å². The molecule has 2 aromatic carbocycles. The van der Waals surface area contributed by atoms with Gasteiger partial charge >= 0.3 is 6.03 Å². The Kier molecular flexibility index (Phi) is 9.54. The zero-order valence-electron chi connectivity index (χ0n) is 24.3. The van der Waals surface area contributed by atoms with E-state index in [2.05, 4.69) is 43.4 Å². The molecule has 0 aromatic heterocycles. The third-order valence-electron chi connectivity index (χ3n) is 8.56. The number of carbonyl (C=O) groups is 3. The Morgan fingerprint density at radius 1 is 1.07 bits per heavy atom. The van der Waals surface area contributed by atoms with E-state index in [0.717, 1.165) is 55.2 Å². The largest absolute Gasteiger partial charge is 0.497 e. The van der Waals surface area contributed by atoms with Crippen LogP contribution >= 0.6 is 15.9 Å². The fourth-order valence-corrected chi connectivity index (χ4v) is 6.39. The molecule has 11 nitrogen and oxygen atoms in total. The highest BCUT2D eigenvalue weighted by Gasteiger charge is 2.31. The van der Waals surface area contributed by atoms with Crippen molar-refractivity contribution in [2.75, 3.05) is 77.6 Å². The fraction of sp³-hybridized carbons (Fsp3) is 0.500. The van der Waals surface area contributed by atoms with Crippen LogP contribution in [0.1, 0.15) is 34.3 Å². The van der Waals surface area contributed by atoms with Gasteiger partial charge in [-0.3, -0.25) is 14.5 Å². The van der Waals surface area contributed by atoms with E-state index in [4.69, 9.17) is 10.5 Å². The molecule has 0 unspecified atom stereocenters. The maximum atomic E-state index is 13.0. The smallest absolute Gasteiger partial charge is 0.322 e. The number of fused-ring (bicyclic) bond motifs is 1. The number of nitrogen functional groups attached to an aromatic ring is 1. The molecule has 2 aromatic rings. The van der Waals surface area contributed by atoms with E-state index in [1.807, 2.05) is 29.2 Å². The molecule has 0 aliphatic carbocycles. The van der Waals surface area contributed by atoms with Gasteiger partial charge in [0, 0.05) is 74.1 Å². The van der Waals surface area contributed by atoms with Crippen molar-refractivity contribution in [3.05, 3.63) is 51.5 Å². The van der Waals surface area contributed by atoms with Crippen molar-refractivity contribution in [1.29, 1.82) is 0 Å². The number of likely N-dealkylation sites (tertiary alicyclic amines) is 1. The lowest BCUT2D eigenvalue weighted by Crippen LogP contribution is -2.51. The van der Waals surface area contributed by atoms with Gasteiger partial charge in [-0.05, 0) is 83.7 Å². The lowest BCUT2D eigenvalue weighted by Gasteiger charge is -2.38. The molecule has 3 heterocycles. The minimum absolute atomic E-state index is 0.0469. The number of urea groups is 1. The Balaban J connectivity index is 1.11. The molecule has 0 bridgehead atoms. The standard InChI is InChI=1S/C30H40BrN7O4/c1-35-11-13-36(14-12-35)19-22-15-21(17-25(31)28(22)32)29(40)33-18-27(39)37-8-6-23(7-9-37)38-10-5-20-16-24(42-2)3-4-26(20)34-30(38)41/h3-4,15-17,23H,5-14,18-19,32H2,1-2H3,(H,33,40)(H,34,41). The third-order valence-corrected chi connectivity index (χ3v) is 9.22. The first-order valence-electron chi connectivity index (χ1n) is 14.5. The van der Waals surface area contributed by atoms with E-state index in [1.54, 1.807) is 18.1 Å². The number of rotatable bonds is 7. The molecule has 2 saturated heterocycles. The summed E-state index contributed by atoms with van der Waals surface area (Å²) >= 11 is 3.50. The first kappa shape index (κ1) is 30.1. The van der Waals surface area contributed by atoms with Crippen molar-refractivity contribution in [2.45, 2.75) is 31.8 Å². The van der Waals surface area contributed by atoms with Crippen LogP contribution in [0.3, 0.4) is 0 Å². The lowest BCUT2D eigenvalue weighted by atomic mass is 10.0. The molecule has 42 heavy (non-hydrogen) atoms. The molecular weight excluding hydrogens is 602 g/mol. The van der Waals surface area contributed by atoms with Gasteiger partial charge in [0.05, 0.1) is 19.3 Å². The summed E-state index contributed by atoms with van der Waals surface area (Å²) in [6.07, 6.45) is 2.11. The van der Waals surface area contributed by atoms with Gasteiger partial charge in [-0.25, -0.2) is 4.79 Å². The van der Waals surface area contributed by atoms with Crippen LogP contribution in [0.2, 0.25) is 0 Å². The number of carbonyl (C=O) groups excluding carboxylic acids is 3. The number of hydrogen-bond donors (Lipinski definition) is 3. The number of ether oxygens (including phenoxy) is 1. The van der Waals surface area contributed by atoms with E-state index in [1.165, 1.54) is 0 Å². The predicted molar refractivity (Wildman–Crippen MR) is 166 cm³/mol. The number of nitrogens with zero attached hydrogens (tertiary/aromatic N) is 4. The summed E-state index contributed by atoms with van der Waals surface area (Å²) in [5.41, 5.74) is 10.2. The Hall–Kier alpha value is -3.35. The number of likely N-dealkylation sites (N-methyl/N-ethyl adjacent to an activating group) is 1. The van der Waals surface area contributed by atoms with Gasteiger partial charge in [-0.15, -0.1) is 0 Å². The van der Waals surface area contributed by atoms with Gasteiger partial charge in [-0.1, -0.05) is 0 Å². The zero-order chi connectivity index (χ0) is 29.8. The van der Waals surface area contributed by atoms with Crippen LogP contribution in [0, 0.1) is 0 Å². The summed E-state index contributed by atoms with van der Waals surface area (Å²) in [5.74, 6) is 0.329. The zero-order valence-corrected chi connectivity index (χ0v) is 25.9. The van der Waals surface area contributed by atoms with Crippen molar-refractivity contribution >= 4 is 45.2 Å². The predicted octanol–water partition coefficient (Wildman–Crippen LogP) is 2.60. The Morgan fingerprint density at radius 3 is 2.52 bits per heavy atom. The molecule has 2 fully saturated rings. The monoisotopic (exact) mass is 641 g/mol. The van der Waals surface area contributed by atoms with Gasteiger partial charge in [0.25, 0.3) is 5.91 Å². The van der Waals surface area contributed by atoms with E-state index in [0.29, 0.717) is 54.7 Å². The maximum absolute atomic E-state index is 13.0. The van der Waals surface area contributed by atoms with Crippen molar-refractivity contribution in [1.82, 2.24) is 24.9 Å². The van der Waals surface area contributed by atoms with Crippen LogP contribution in [-0.2, 0) is 17.8 Å². The molecular formula is C30H40BrN7O4. The van der Waals surface area contributed by atoms with Gasteiger partial charge in [0.2, 0.25) is 5.91 Å². The molecule has 226 valence electrons. The van der Waals surface area contributed by atoms with Crippen LogP contribution in [0.15, 0.2) is 34.8 Å². The summed E-state index contributed by atoms with van der Waals surface area (Å²) < 4.78 is 6.00. The Morgan fingerprint density at radius 2 is 1.81 bits per heavy atom. The second-order valence-electron chi connectivity index (χ2n) is 11.3. The van der Waals surface area contributed by atoms with Crippen LogP contribution < -0.4 is 21.1 Å². The minimum Gasteiger partial charge on any atom is -0.497 e. The average Bonchev–Trinajstić information content (AvgIpc) is 3.16. The lowest BCUT2D eigenvalue weighted by molar-refractivity contribution is -0.131. The van der Waals surface area contributed by atoms with Crippen molar-refractivity contribution in [3.8, 4) is 5.75 Å². The average molecular weight is 643 g/mol. The van der Waals surface area contributed by atoms with Gasteiger partial charge in [0.15, 0.2) is 0 Å². The van der Waals surface area contributed by atoms with Crippen LogP contribution in [0.4, 0.5) is 16.2 Å². The molecule has 0 spiro atoms. The van der Waals surface area contributed by atoms with Crippen molar-refractivity contribution in [2.24, 2.45) is 0 Å². The van der Waals surface area contributed by atoms with E-state index in [-0.39, 0.29) is 30.4 Å². The molecule has 3 aliphatic heterocycles. The number of nitrogens with two attached hydrogens (primary N) is 1. The number of methoxy groups -OCH3 is 1. The summed E-state index contributed by atoms with van der Waals surface area (Å²) in [6.45, 7) is 6.14. The van der Waals surface area contributed by atoms with Crippen LogP contribution in [-0.4, -0.2) is 110 Å². The first-order chi connectivity index (χ1) is 20.2. The summed E-state index contributed by atoms with van der Waals surface area (Å²) in [5, 5.41) is 5.82. The molecule has 0 saturated carbocycles. The molecule has 0 radical (unpaired) electrons. The molecule has 12 heteroatoms. The number of piperazine rings is 1. The normalized spacial score (nSPS) is 18.7. The minimum atomic E-state index is -0.309. The third kappa shape index (κ3) is 6.99. The van der Waals surface area contributed by atoms with Crippen LogP contribution in [0.25, 0.3) is 0 Å². The molecule has 3 aliphatic rings. The Bertz CT molecular complexity index is 1320. The SMILES string of the molecule is COc1ccc2c(c1)CCN(C1CCN(C(=O)CNC(=O)c3cc(Br)c(N)c(CN4CCN(C)CC4)c3)CC1)C(=O)N2. The quantitative estimate of drug-likeness (QED) is 0.397.